The molecule has 2 aromatic carbocycles. The largest absolute Gasteiger partial charge is 0.493 e. The number of fused-ring (bicyclic) bond motifs is 2. The lowest BCUT2D eigenvalue weighted by Crippen LogP contribution is -2.57. The fraction of sp³-hybridized carbons (Fsp3) is 0.360. The average Bonchev–Trinajstić information content (AvgIpc) is 3.04. The Morgan fingerprint density at radius 3 is 1.97 bits per heavy atom. The van der Waals surface area contributed by atoms with Crippen molar-refractivity contribution in [1.29, 1.82) is 21.2 Å². The molecule has 9 heteroatoms. The molecule has 2 fully saturated rings. The van der Waals surface area contributed by atoms with Gasteiger partial charge in [0.25, 0.3) is 0 Å². The van der Waals surface area contributed by atoms with Crippen molar-refractivity contribution < 1.29 is 23.7 Å². The highest BCUT2D eigenvalue weighted by Crippen LogP contribution is 2.69. The van der Waals surface area contributed by atoms with Gasteiger partial charge in [0.2, 0.25) is 22.8 Å². The van der Waals surface area contributed by atoms with Crippen LogP contribution in [0.15, 0.2) is 42.5 Å². The maximum Gasteiger partial charge on any atom is 0.244 e. The van der Waals surface area contributed by atoms with Gasteiger partial charge in [0.05, 0.1) is 45.5 Å². The molecular weight excluding hydrogens is 436 g/mol. The smallest absolute Gasteiger partial charge is 0.244 e. The van der Waals surface area contributed by atoms with Gasteiger partial charge in [-0.2, -0.15) is 15.8 Å². The van der Waals surface area contributed by atoms with Crippen molar-refractivity contribution in [2.45, 2.75) is 18.8 Å². The number of nitriles is 3. The third kappa shape index (κ3) is 2.58. The molecule has 2 aliphatic heterocycles. The number of nitrogens with zero attached hydrogens (tertiary/aromatic N) is 3. The highest BCUT2D eigenvalue weighted by atomic mass is 16.7. The summed E-state index contributed by atoms with van der Waals surface area (Å²) in [5.74, 6) is -2.02. The van der Waals surface area contributed by atoms with Gasteiger partial charge < -0.3 is 23.7 Å². The molecule has 34 heavy (non-hydrogen) atoms. The third-order valence-electron chi connectivity index (χ3n) is 6.83. The van der Waals surface area contributed by atoms with Crippen LogP contribution in [0.3, 0.4) is 0 Å². The van der Waals surface area contributed by atoms with E-state index in [4.69, 9.17) is 29.1 Å². The van der Waals surface area contributed by atoms with Crippen LogP contribution < -0.4 is 14.2 Å². The second kappa shape index (κ2) is 7.95. The molecule has 1 N–H and O–H groups in total. The first-order chi connectivity index (χ1) is 16.3. The van der Waals surface area contributed by atoms with Crippen molar-refractivity contribution in [1.82, 2.24) is 0 Å². The maximum absolute atomic E-state index is 10.4. The van der Waals surface area contributed by atoms with Crippen molar-refractivity contribution in [3.05, 3.63) is 53.6 Å². The average molecular weight is 458 g/mol. The van der Waals surface area contributed by atoms with Crippen LogP contribution in [-0.2, 0) is 15.3 Å². The predicted molar refractivity (Wildman–Crippen MR) is 118 cm³/mol. The second-order valence-electron chi connectivity index (χ2n) is 8.09. The van der Waals surface area contributed by atoms with Gasteiger partial charge in [-0.25, -0.2) is 0 Å². The number of nitrogens with one attached hydrogen (secondary N) is 1. The predicted octanol–water partition coefficient (Wildman–Crippen LogP) is 3.82. The minimum atomic E-state index is -2.11. The summed E-state index contributed by atoms with van der Waals surface area (Å²) in [5, 5.41) is 39.9. The first-order valence-electron chi connectivity index (χ1n) is 10.4. The summed E-state index contributed by atoms with van der Waals surface area (Å²) >= 11 is 0. The van der Waals surface area contributed by atoms with Crippen molar-refractivity contribution in [3.63, 3.8) is 0 Å². The Kier molecular flexibility index (Phi) is 5.36. The lowest BCUT2D eigenvalue weighted by atomic mass is 9.53. The lowest BCUT2D eigenvalue weighted by Gasteiger charge is -2.48. The molecule has 2 aromatic rings. The molecule has 2 heterocycles. The number of ether oxygens (including phenoxy) is 5. The van der Waals surface area contributed by atoms with Crippen LogP contribution in [0.1, 0.15) is 24.2 Å². The van der Waals surface area contributed by atoms with Gasteiger partial charge in [0, 0.05) is 5.56 Å². The lowest BCUT2D eigenvalue weighted by molar-refractivity contribution is -0.288. The molecule has 2 saturated heterocycles. The summed E-state index contributed by atoms with van der Waals surface area (Å²) in [5.41, 5.74) is -3.12. The van der Waals surface area contributed by atoms with E-state index in [0.717, 1.165) is 0 Å². The van der Waals surface area contributed by atoms with E-state index in [1.165, 1.54) is 21.3 Å². The van der Waals surface area contributed by atoms with Gasteiger partial charge in [-0.3, -0.25) is 5.41 Å². The highest BCUT2D eigenvalue weighted by Gasteiger charge is 2.79. The standard InChI is InChI=1S/C25H22N4O5/c1-15-24(14-28)22(29)34-25(15,17-8-6-5-7-9-17)33-21(23(24,12-26)13-27)16-10-18(30-2)20(32-4)19(11-16)31-3/h5-11,15,21,29H,1-4H3. The van der Waals surface area contributed by atoms with Crippen LogP contribution in [0.5, 0.6) is 17.2 Å². The SMILES string of the molecule is COc1cc(C2OC3(c4ccccc4)OC(=N)C(C#N)(C3C)C2(C#N)C#N)cc(OC)c1OC. The van der Waals surface area contributed by atoms with Crippen LogP contribution in [-0.4, -0.2) is 27.2 Å². The summed E-state index contributed by atoms with van der Waals surface area (Å²) in [6, 6.07) is 18.2. The zero-order chi connectivity index (χ0) is 24.7. The van der Waals surface area contributed by atoms with Gasteiger partial charge >= 0.3 is 0 Å². The number of hydrogen-bond donors (Lipinski definition) is 1. The Labute approximate surface area is 197 Å². The quantitative estimate of drug-likeness (QED) is 0.713. The van der Waals surface area contributed by atoms with Crippen molar-refractivity contribution in [2.75, 3.05) is 21.3 Å². The molecule has 172 valence electrons. The molecule has 0 amide bonds. The molecule has 9 nitrogen and oxygen atoms in total. The third-order valence-corrected chi connectivity index (χ3v) is 6.83. The Balaban J connectivity index is 2.06. The molecule has 2 aliphatic rings. The van der Waals surface area contributed by atoms with Crippen molar-refractivity contribution in [2.24, 2.45) is 16.7 Å². The van der Waals surface area contributed by atoms with Crippen LogP contribution >= 0.6 is 0 Å². The van der Waals surface area contributed by atoms with Crippen LogP contribution in [0.4, 0.5) is 0 Å². The first kappa shape index (κ1) is 22.9. The van der Waals surface area contributed by atoms with Gasteiger partial charge in [-0.1, -0.05) is 37.3 Å². The molecule has 4 rings (SSSR count). The summed E-state index contributed by atoms with van der Waals surface area (Å²) in [6.45, 7) is 1.66. The van der Waals surface area contributed by atoms with Crippen LogP contribution in [0.2, 0.25) is 0 Å². The Hall–Kier alpha value is -4.26. The number of hydrogen-bond acceptors (Lipinski definition) is 9. The molecule has 2 bridgehead atoms. The Morgan fingerprint density at radius 1 is 0.912 bits per heavy atom. The van der Waals surface area contributed by atoms with Gasteiger partial charge in [0.15, 0.2) is 16.9 Å². The molecule has 0 aliphatic carbocycles. The molecule has 4 unspecified atom stereocenters. The first-order valence-corrected chi connectivity index (χ1v) is 10.4. The van der Waals surface area contributed by atoms with E-state index >= 15 is 0 Å². The topological polar surface area (TPSA) is 141 Å². The van der Waals surface area contributed by atoms with Crippen molar-refractivity contribution >= 4 is 5.90 Å². The fourth-order valence-corrected chi connectivity index (χ4v) is 5.09. The zero-order valence-corrected chi connectivity index (χ0v) is 19.1. The van der Waals surface area contributed by atoms with Crippen LogP contribution in [0.25, 0.3) is 0 Å². The highest BCUT2D eigenvalue weighted by molar-refractivity contribution is 5.89. The molecule has 0 saturated carbocycles. The summed E-state index contributed by atoms with van der Waals surface area (Å²) < 4.78 is 28.8. The minimum Gasteiger partial charge on any atom is -0.493 e. The van der Waals surface area contributed by atoms with E-state index in [2.05, 4.69) is 6.07 Å². The van der Waals surface area contributed by atoms with E-state index in [0.29, 0.717) is 16.9 Å². The monoisotopic (exact) mass is 458 g/mol. The normalized spacial score (nSPS) is 28.6. The minimum absolute atomic E-state index is 0.284. The van der Waals surface area contributed by atoms with Crippen LogP contribution in [0, 0.1) is 56.2 Å². The fourth-order valence-electron chi connectivity index (χ4n) is 5.09. The summed E-state index contributed by atoms with van der Waals surface area (Å²) in [6.07, 6.45) is -1.30. The second-order valence-corrected chi connectivity index (χ2v) is 8.09. The summed E-state index contributed by atoms with van der Waals surface area (Å²) in [4.78, 5) is 0. The zero-order valence-electron chi connectivity index (χ0n) is 19.1. The number of rotatable bonds is 5. The van der Waals surface area contributed by atoms with Crippen molar-refractivity contribution in [3.8, 4) is 35.5 Å². The van der Waals surface area contributed by atoms with E-state index in [1.807, 2.05) is 18.2 Å². The molecular formula is C25H22N4O5. The molecule has 0 radical (unpaired) electrons. The van der Waals surface area contributed by atoms with E-state index < -0.39 is 34.5 Å². The Bertz CT molecular complexity index is 1240. The molecule has 0 spiro atoms. The molecule has 0 aromatic heterocycles. The maximum atomic E-state index is 10.4. The van der Waals surface area contributed by atoms with Gasteiger partial charge in [-0.05, 0) is 17.7 Å². The van der Waals surface area contributed by atoms with E-state index in [9.17, 15) is 15.8 Å². The van der Waals surface area contributed by atoms with E-state index in [1.54, 1.807) is 43.3 Å². The molecule has 4 atom stereocenters. The van der Waals surface area contributed by atoms with E-state index in [-0.39, 0.29) is 11.5 Å². The van der Waals surface area contributed by atoms with Gasteiger partial charge in [-0.15, -0.1) is 0 Å². The number of methoxy groups -OCH3 is 3. The Morgan fingerprint density at radius 2 is 1.50 bits per heavy atom. The summed E-state index contributed by atoms with van der Waals surface area (Å²) in [7, 11) is 4.34. The van der Waals surface area contributed by atoms with Gasteiger partial charge in [0.1, 0.15) is 6.10 Å². The number of benzene rings is 2.